The first-order valence-corrected chi connectivity index (χ1v) is 8.32. The van der Waals surface area contributed by atoms with Crippen molar-refractivity contribution in [2.45, 2.75) is 51.9 Å². The first-order valence-electron chi connectivity index (χ1n) is 7.53. The van der Waals surface area contributed by atoms with Gasteiger partial charge in [0.05, 0.1) is 5.41 Å². The number of amides is 2. The van der Waals surface area contributed by atoms with Gasteiger partial charge in [0, 0.05) is 17.1 Å². The molecule has 2 aliphatic rings. The molecule has 4 nitrogen and oxygen atoms in total. The van der Waals surface area contributed by atoms with E-state index in [2.05, 4.69) is 20.9 Å². The van der Waals surface area contributed by atoms with Gasteiger partial charge in [-0.05, 0) is 47.3 Å². The van der Waals surface area contributed by atoms with Crippen molar-refractivity contribution in [1.82, 2.24) is 4.98 Å². The monoisotopic (exact) mass is 350 g/mol. The average Bonchev–Trinajstić information content (AvgIpc) is 2.61. The third kappa shape index (κ3) is 2.52. The molecular formula is C16H19BrN2O2. The Kier molecular flexibility index (Phi) is 3.86. The molecule has 112 valence electrons. The van der Waals surface area contributed by atoms with Crippen molar-refractivity contribution in [3.63, 3.8) is 0 Å². The third-order valence-corrected chi connectivity index (χ3v) is 5.55. The Morgan fingerprint density at radius 3 is 2.48 bits per heavy atom. The molecule has 0 unspecified atom stereocenters. The van der Waals surface area contributed by atoms with Gasteiger partial charge < -0.3 is 0 Å². The van der Waals surface area contributed by atoms with Crippen LogP contribution in [0.3, 0.4) is 0 Å². The summed E-state index contributed by atoms with van der Waals surface area (Å²) in [5, 5.41) is 0. The van der Waals surface area contributed by atoms with Gasteiger partial charge in [-0.1, -0.05) is 25.7 Å². The lowest BCUT2D eigenvalue weighted by Gasteiger charge is -2.24. The maximum absolute atomic E-state index is 12.9. The van der Waals surface area contributed by atoms with Crippen LogP contribution in [-0.2, 0) is 9.59 Å². The Hall–Kier alpha value is -1.23. The number of carbonyl (C=O) groups excluding carboxylic acids is 2. The average molecular weight is 351 g/mol. The van der Waals surface area contributed by atoms with Crippen molar-refractivity contribution >= 4 is 33.6 Å². The van der Waals surface area contributed by atoms with E-state index in [0.717, 1.165) is 35.7 Å². The lowest BCUT2D eigenvalue weighted by Crippen LogP contribution is -2.36. The molecule has 3 rings (SSSR count). The van der Waals surface area contributed by atoms with Crippen molar-refractivity contribution < 1.29 is 9.59 Å². The number of nitrogens with zero attached hydrogens (tertiary/aromatic N) is 2. The van der Waals surface area contributed by atoms with E-state index in [0.29, 0.717) is 12.2 Å². The van der Waals surface area contributed by atoms with Crippen LogP contribution in [0, 0.1) is 12.3 Å². The molecule has 1 aromatic rings. The summed E-state index contributed by atoms with van der Waals surface area (Å²) >= 11 is 3.40. The van der Waals surface area contributed by atoms with Gasteiger partial charge in [-0.25, -0.2) is 9.88 Å². The lowest BCUT2D eigenvalue weighted by atomic mass is 9.79. The van der Waals surface area contributed by atoms with E-state index >= 15 is 0 Å². The zero-order valence-electron chi connectivity index (χ0n) is 12.2. The Morgan fingerprint density at radius 2 is 1.86 bits per heavy atom. The van der Waals surface area contributed by atoms with Gasteiger partial charge in [-0.2, -0.15) is 0 Å². The molecule has 2 heterocycles. The summed E-state index contributed by atoms with van der Waals surface area (Å²) in [5.41, 5.74) is 0.512. The molecule has 0 N–H and O–H groups in total. The SMILES string of the molecule is Cc1cc(N2C(=O)CC3(CCCCCC3)C2=O)ncc1Br. The molecule has 1 aliphatic carbocycles. The number of pyridine rings is 1. The Bertz CT molecular complexity index is 592. The van der Waals surface area contributed by atoms with Crippen LogP contribution >= 0.6 is 15.9 Å². The Labute approximate surface area is 133 Å². The molecule has 21 heavy (non-hydrogen) atoms. The summed E-state index contributed by atoms with van der Waals surface area (Å²) in [4.78, 5) is 30.9. The Balaban J connectivity index is 1.94. The zero-order chi connectivity index (χ0) is 15.0. The predicted molar refractivity (Wildman–Crippen MR) is 83.9 cm³/mol. The van der Waals surface area contributed by atoms with Gasteiger partial charge in [0.15, 0.2) is 0 Å². The number of hydrogen-bond donors (Lipinski definition) is 0. The number of hydrogen-bond acceptors (Lipinski definition) is 3. The van der Waals surface area contributed by atoms with Crippen molar-refractivity contribution in [3.05, 3.63) is 22.3 Å². The van der Waals surface area contributed by atoms with E-state index in [1.165, 1.54) is 17.7 Å². The van der Waals surface area contributed by atoms with Gasteiger partial charge in [-0.15, -0.1) is 0 Å². The topological polar surface area (TPSA) is 50.3 Å². The quantitative estimate of drug-likeness (QED) is 0.724. The second-order valence-corrected chi connectivity index (χ2v) is 7.05. The molecule has 0 bridgehead atoms. The number of aryl methyl sites for hydroxylation is 1. The van der Waals surface area contributed by atoms with Gasteiger partial charge in [0.2, 0.25) is 11.8 Å². The van der Waals surface area contributed by atoms with Crippen LogP contribution in [-0.4, -0.2) is 16.8 Å². The highest BCUT2D eigenvalue weighted by atomic mass is 79.9. The smallest absolute Gasteiger partial charge is 0.241 e. The Morgan fingerprint density at radius 1 is 1.19 bits per heavy atom. The molecule has 0 aromatic carbocycles. The van der Waals surface area contributed by atoms with Gasteiger partial charge in [0.1, 0.15) is 5.82 Å². The minimum atomic E-state index is -0.462. The van der Waals surface area contributed by atoms with Gasteiger partial charge >= 0.3 is 0 Å². The molecule has 1 spiro atoms. The number of halogens is 1. The largest absolute Gasteiger partial charge is 0.274 e. The number of carbonyl (C=O) groups is 2. The summed E-state index contributed by atoms with van der Waals surface area (Å²) < 4.78 is 0.884. The molecule has 0 radical (unpaired) electrons. The highest BCUT2D eigenvalue weighted by Crippen LogP contribution is 2.45. The van der Waals surface area contributed by atoms with Crippen molar-refractivity contribution in [1.29, 1.82) is 0 Å². The summed E-state index contributed by atoms with van der Waals surface area (Å²) in [7, 11) is 0. The minimum absolute atomic E-state index is 0.0383. The summed E-state index contributed by atoms with van der Waals surface area (Å²) in [6.07, 6.45) is 8.09. The van der Waals surface area contributed by atoms with Crippen LogP contribution in [0.25, 0.3) is 0 Å². The summed E-state index contributed by atoms with van der Waals surface area (Å²) in [6, 6.07) is 1.80. The molecule has 2 fully saturated rings. The third-order valence-electron chi connectivity index (χ3n) is 4.72. The van der Waals surface area contributed by atoms with E-state index in [1.807, 2.05) is 6.92 Å². The van der Waals surface area contributed by atoms with E-state index in [-0.39, 0.29) is 11.8 Å². The molecule has 0 atom stereocenters. The number of anilines is 1. The lowest BCUT2D eigenvalue weighted by molar-refractivity contribution is -0.126. The van der Waals surface area contributed by atoms with Crippen LogP contribution in [0.2, 0.25) is 0 Å². The van der Waals surface area contributed by atoms with E-state index in [1.54, 1.807) is 12.3 Å². The maximum atomic E-state index is 12.9. The first kappa shape index (κ1) is 14.7. The van der Waals surface area contributed by atoms with Crippen LogP contribution in [0.5, 0.6) is 0 Å². The van der Waals surface area contributed by atoms with Crippen LogP contribution in [0.1, 0.15) is 50.5 Å². The van der Waals surface area contributed by atoms with E-state index < -0.39 is 5.41 Å². The fourth-order valence-corrected chi connectivity index (χ4v) is 3.69. The summed E-state index contributed by atoms with van der Waals surface area (Å²) in [6.45, 7) is 1.93. The van der Waals surface area contributed by atoms with Crippen LogP contribution in [0.15, 0.2) is 16.7 Å². The van der Waals surface area contributed by atoms with E-state index in [4.69, 9.17) is 0 Å². The maximum Gasteiger partial charge on any atom is 0.241 e. The van der Waals surface area contributed by atoms with Crippen molar-refractivity contribution in [2.24, 2.45) is 5.41 Å². The molecule has 5 heteroatoms. The second kappa shape index (κ2) is 5.52. The number of aromatic nitrogens is 1. The van der Waals surface area contributed by atoms with Crippen LogP contribution < -0.4 is 4.90 Å². The standard InChI is InChI=1S/C16H19BrN2O2/c1-11-8-13(18-10-12(11)17)19-14(20)9-16(15(19)21)6-4-2-3-5-7-16/h8,10H,2-7,9H2,1H3. The highest BCUT2D eigenvalue weighted by molar-refractivity contribution is 9.10. The predicted octanol–water partition coefficient (Wildman–Crippen LogP) is 3.76. The highest BCUT2D eigenvalue weighted by Gasteiger charge is 2.51. The van der Waals surface area contributed by atoms with Crippen molar-refractivity contribution in [2.75, 3.05) is 4.90 Å². The normalized spacial score (nSPS) is 21.9. The first-order chi connectivity index (χ1) is 10.0. The minimum Gasteiger partial charge on any atom is -0.274 e. The zero-order valence-corrected chi connectivity index (χ0v) is 13.8. The molecule has 1 aliphatic heterocycles. The fourth-order valence-electron chi connectivity index (χ4n) is 3.47. The van der Waals surface area contributed by atoms with Gasteiger partial charge in [0.25, 0.3) is 0 Å². The number of imide groups is 1. The molecule has 1 saturated carbocycles. The molecular weight excluding hydrogens is 332 g/mol. The second-order valence-electron chi connectivity index (χ2n) is 6.20. The molecule has 1 saturated heterocycles. The fraction of sp³-hybridized carbons (Fsp3) is 0.562. The molecule has 2 amide bonds. The van der Waals surface area contributed by atoms with E-state index in [9.17, 15) is 9.59 Å². The summed E-state index contributed by atoms with van der Waals surface area (Å²) in [5.74, 6) is 0.326. The van der Waals surface area contributed by atoms with Crippen LogP contribution in [0.4, 0.5) is 5.82 Å². The molecule has 1 aromatic heterocycles. The van der Waals surface area contributed by atoms with Crippen molar-refractivity contribution in [3.8, 4) is 0 Å². The van der Waals surface area contributed by atoms with Gasteiger partial charge in [-0.3, -0.25) is 9.59 Å². The number of rotatable bonds is 1.